The number of hydrogen-bond donors (Lipinski definition) is 1. The van der Waals surface area contributed by atoms with Crippen LogP contribution < -0.4 is 0 Å². The van der Waals surface area contributed by atoms with Crippen LogP contribution in [0.1, 0.15) is 65.1 Å². The van der Waals surface area contributed by atoms with Crippen molar-refractivity contribution in [3.8, 4) is 0 Å². The highest BCUT2D eigenvalue weighted by atomic mass is 16.2. The van der Waals surface area contributed by atoms with Crippen molar-refractivity contribution in [1.29, 1.82) is 0 Å². The molecule has 0 unspecified atom stereocenters. The molecule has 146 valence electrons. The van der Waals surface area contributed by atoms with Crippen LogP contribution in [0.15, 0.2) is 48.8 Å². The smallest absolute Gasteiger partial charge is 0.254 e. The monoisotopic (exact) mass is 383 g/mol. The van der Waals surface area contributed by atoms with E-state index in [-0.39, 0.29) is 11.9 Å². The third-order valence-corrected chi connectivity index (χ3v) is 7.09. The predicted molar refractivity (Wildman–Crippen MR) is 115 cm³/mol. The number of rotatable bonds is 2. The highest BCUT2D eigenvalue weighted by molar-refractivity contribution is 5.97. The maximum absolute atomic E-state index is 13.4. The number of piperidine rings is 1. The number of nitrogens with zero attached hydrogens (tertiary/aromatic N) is 2. The molecule has 29 heavy (non-hydrogen) atoms. The number of amides is 1. The summed E-state index contributed by atoms with van der Waals surface area (Å²) in [6, 6.07) is 13.1. The van der Waals surface area contributed by atoms with Gasteiger partial charge in [0.05, 0.1) is 17.4 Å². The van der Waals surface area contributed by atoms with Crippen LogP contribution >= 0.6 is 0 Å². The number of carbonyl (C=O) groups is 1. The van der Waals surface area contributed by atoms with E-state index < -0.39 is 0 Å². The second kappa shape index (κ2) is 6.58. The van der Waals surface area contributed by atoms with Gasteiger partial charge < -0.3 is 9.88 Å². The molecule has 0 radical (unpaired) electrons. The first kappa shape index (κ1) is 17.0. The van der Waals surface area contributed by atoms with Gasteiger partial charge >= 0.3 is 0 Å². The summed E-state index contributed by atoms with van der Waals surface area (Å²) in [6.07, 6.45) is 11.0. The molecule has 4 nitrogen and oxygen atoms in total. The first-order valence-electron chi connectivity index (χ1n) is 10.8. The number of H-pyrrole nitrogens is 1. The molecule has 0 saturated carbocycles. The Labute approximate surface area is 170 Å². The van der Waals surface area contributed by atoms with Gasteiger partial charge in [-0.2, -0.15) is 0 Å². The zero-order chi connectivity index (χ0) is 19.4. The van der Waals surface area contributed by atoms with Crippen LogP contribution in [0.5, 0.6) is 0 Å². The summed E-state index contributed by atoms with van der Waals surface area (Å²) in [4.78, 5) is 22.9. The van der Waals surface area contributed by atoms with Gasteiger partial charge in [0.1, 0.15) is 0 Å². The van der Waals surface area contributed by atoms with Crippen LogP contribution in [0.25, 0.3) is 16.6 Å². The first-order valence-corrected chi connectivity index (χ1v) is 10.8. The number of fused-ring (bicyclic) bond motifs is 4. The molecular weight excluding hydrogens is 358 g/mol. The molecule has 6 rings (SSSR count). The third kappa shape index (κ3) is 2.73. The van der Waals surface area contributed by atoms with Gasteiger partial charge in [0, 0.05) is 24.1 Å². The number of imidazole rings is 1. The van der Waals surface area contributed by atoms with E-state index in [0.29, 0.717) is 5.92 Å². The van der Waals surface area contributed by atoms with E-state index >= 15 is 0 Å². The quantitative estimate of drug-likeness (QED) is 0.671. The van der Waals surface area contributed by atoms with E-state index in [0.717, 1.165) is 36.0 Å². The van der Waals surface area contributed by atoms with Crippen LogP contribution in [-0.2, 0) is 6.42 Å². The van der Waals surface area contributed by atoms with E-state index in [1.165, 1.54) is 47.9 Å². The second-order valence-electron chi connectivity index (χ2n) is 8.69. The summed E-state index contributed by atoms with van der Waals surface area (Å²) < 4.78 is 0. The summed E-state index contributed by atoms with van der Waals surface area (Å²) in [5, 5.41) is 0. The van der Waals surface area contributed by atoms with E-state index in [2.05, 4.69) is 39.1 Å². The zero-order valence-electron chi connectivity index (χ0n) is 16.5. The predicted octanol–water partition coefficient (Wildman–Crippen LogP) is 5.07. The largest absolute Gasteiger partial charge is 0.345 e. The van der Waals surface area contributed by atoms with Crippen LogP contribution in [0.3, 0.4) is 0 Å². The van der Waals surface area contributed by atoms with Crippen molar-refractivity contribution in [3.05, 3.63) is 71.1 Å². The SMILES string of the molecule is O=C(c1ccc2nc[nH]c2c1)N1CCC[C@@H]2c3cc(C4=CCCC4)ccc3C[C@@H]21. The molecule has 2 atom stereocenters. The number of benzene rings is 2. The van der Waals surface area contributed by atoms with E-state index in [9.17, 15) is 4.79 Å². The maximum atomic E-state index is 13.4. The van der Waals surface area contributed by atoms with Crippen molar-refractivity contribution in [1.82, 2.24) is 14.9 Å². The van der Waals surface area contributed by atoms with Gasteiger partial charge in [0.25, 0.3) is 5.91 Å². The Morgan fingerprint density at radius 1 is 1.14 bits per heavy atom. The van der Waals surface area contributed by atoms with E-state index in [4.69, 9.17) is 0 Å². The molecule has 0 spiro atoms. The molecule has 3 aliphatic rings. The lowest BCUT2D eigenvalue weighted by atomic mass is 9.87. The Morgan fingerprint density at radius 3 is 3.00 bits per heavy atom. The molecule has 1 saturated heterocycles. The minimum atomic E-state index is 0.155. The summed E-state index contributed by atoms with van der Waals surface area (Å²) in [5.74, 6) is 0.628. The van der Waals surface area contributed by atoms with Gasteiger partial charge in [0.2, 0.25) is 0 Å². The summed E-state index contributed by atoms with van der Waals surface area (Å²) in [5.41, 5.74) is 8.42. The van der Waals surface area contributed by atoms with Gasteiger partial charge in [-0.25, -0.2) is 4.98 Å². The average Bonchev–Trinajstić information content (AvgIpc) is 3.51. The fraction of sp³-hybridized carbons (Fsp3) is 0.360. The Balaban J connectivity index is 1.31. The summed E-state index contributed by atoms with van der Waals surface area (Å²) in [6.45, 7) is 0.854. The lowest BCUT2D eigenvalue weighted by Crippen LogP contribution is -2.46. The van der Waals surface area contributed by atoms with Crippen molar-refractivity contribution in [2.45, 2.75) is 50.5 Å². The van der Waals surface area contributed by atoms with Gasteiger partial charge in [-0.05, 0) is 79.0 Å². The normalized spacial score (nSPS) is 23.2. The Hall–Kier alpha value is -2.88. The number of allylic oxidation sites excluding steroid dienone is 2. The van der Waals surface area contributed by atoms with Crippen molar-refractivity contribution in [3.63, 3.8) is 0 Å². The minimum absolute atomic E-state index is 0.155. The fourth-order valence-electron chi connectivity index (χ4n) is 5.64. The number of likely N-dealkylation sites (tertiary alicyclic amines) is 1. The molecule has 4 heteroatoms. The molecule has 2 aliphatic carbocycles. The van der Waals surface area contributed by atoms with Crippen LogP contribution in [0.4, 0.5) is 0 Å². The highest BCUT2D eigenvalue weighted by Gasteiger charge is 2.41. The summed E-state index contributed by atoms with van der Waals surface area (Å²) in [7, 11) is 0. The van der Waals surface area contributed by atoms with Crippen LogP contribution in [0.2, 0.25) is 0 Å². The molecule has 1 amide bonds. The van der Waals surface area contributed by atoms with Crippen molar-refractivity contribution >= 4 is 22.5 Å². The van der Waals surface area contributed by atoms with Crippen molar-refractivity contribution in [2.24, 2.45) is 0 Å². The van der Waals surface area contributed by atoms with Gasteiger partial charge in [0.15, 0.2) is 0 Å². The molecule has 1 aliphatic heterocycles. The number of nitrogens with one attached hydrogen (secondary N) is 1. The molecule has 0 bridgehead atoms. The highest BCUT2D eigenvalue weighted by Crippen LogP contribution is 2.44. The molecular formula is C25H25N3O. The summed E-state index contributed by atoms with van der Waals surface area (Å²) >= 11 is 0. The minimum Gasteiger partial charge on any atom is -0.345 e. The van der Waals surface area contributed by atoms with Crippen LogP contribution in [0, 0.1) is 0 Å². The van der Waals surface area contributed by atoms with E-state index in [1.54, 1.807) is 6.33 Å². The molecule has 1 N–H and O–H groups in total. The Kier molecular flexibility index (Phi) is 3.86. The third-order valence-electron chi connectivity index (χ3n) is 7.09. The van der Waals surface area contributed by atoms with Gasteiger partial charge in [-0.15, -0.1) is 0 Å². The van der Waals surface area contributed by atoms with Crippen molar-refractivity contribution in [2.75, 3.05) is 6.54 Å². The molecule has 3 aromatic rings. The van der Waals surface area contributed by atoms with Gasteiger partial charge in [-0.3, -0.25) is 4.79 Å². The first-order chi connectivity index (χ1) is 14.3. The average molecular weight is 383 g/mol. The molecule has 1 aromatic heterocycles. The molecule has 2 heterocycles. The lowest BCUT2D eigenvalue weighted by molar-refractivity contribution is 0.0595. The second-order valence-corrected chi connectivity index (χ2v) is 8.69. The maximum Gasteiger partial charge on any atom is 0.254 e. The Bertz CT molecular complexity index is 1140. The number of aromatic nitrogens is 2. The fourth-order valence-corrected chi connectivity index (χ4v) is 5.64. The Morgan fingerprint density at radius 2 is 2.10 bits per heavy atom. The topological polar surface area (TPSA) is 49.0 Å². The van der Waals surface area contributed by atoms with Gasteiger partial charge in [-0.1, -0.05) is 24.3 Å². The molecule has 1 fully saturated rings. The van der Waals surface area contributed by atoms with E-state index in [1.807, 2.05) is 18.2 Å². The number of aromatic amines is 1. The van der Waals surface area contributed by atoms with Crippen molar-refractivity contribution < 1.29 is 4.79 Å². The molecule has 2 aromatic carbocycles. The number of hydrogen-bond acceptors (Lipinski definition) is 2. The van der Waals surface area contributed by atoms with Crippen LogP contribution in [-0.4, -0.2) is 33.4 Å². The number of carbonyl (C=O) groups excluding carboxylic acids is 1. The lowest BCUT2D eigenvalue weighted by Gasteiger charge is -2.38. The zero-order valence-corrected chi connectivity index (χ0v) is 16.5. The standard InChI is InChI=1S/C25H25N3O/c29-25(19-9-10-22-23(13-19)27-15-26-22)28-11-3-6-20-21-12-17(16-4-1-2-5-16)7-8-18(21)14-24(20)28/h4,7-10,12-13,15,20,24H,1-3,5-6,11,14H2,(H,26,27)/t20-,24+/m1/s1.